The third-order valence-electron chi connectivity index (χ3n) is 6.10. The first-order valence-corrected chi connectivity index (χ1v) is 12.0. The Bertz CT molecular complexity index is 982. The topological polar surface area (TPSA) is 82.7 Å². The van der Waals surface area contributed by atoms with E-state index in [9.17, 15) is 9.59 Å². The smallest absolute Gasteiger partial charge is 0.322 e. The van der Waals surface area contributed by atoms with Crippen LogP contribution in [0.3, 0.4) is 0 Å². The summed E-state index contributed by atoms with van der Waals surface area (Å²) < 4.78 is 5.89. The van der Waals surface area contributed by atoms with Gasteiger partial charge in [-0.05, 0) is 79.9 Å². The van der Waals surface area contributed by atoms with Gasteiger partial charge in [-0.3, -0.25) is 4.79 Å². The fourth-order valence-corrected chi connectivity index (χ4v) is 4.51. The summed E-state index contributed by atoms with van der Waals surface area (Å²) in [6.07, 6.45) is 3.10. The van der Waals surface area contributed by atoms with Crippen LogP contribution in [-0.2, 0) is 22.4 Å². The van der Waals surface area contributed by atoms with Gasteiger partial charge in [0.15, 0.2) is 0 Å². The number of fused-ring (bicyclic) bond motifs is 1. The molecule has 33 heavy (non-hydrogen) atoms. The van der Waals surface area contributed by atoms with Crippen LogP contribution in [0, 0.1) is 0 Å². The number of ether oxygens (including phenoxy) is 1. The normalized spacial score (nSPS) is 20.1. The van der Waals surface area contributed by atoms with Crippen LogP contribution < -0.4 is 16.0 Å². The van der Waals surface area contributed by atoms with Crippen LogP contribution in [0.4, 0.5) is 16.2 Å². The van der Waals surface area contributed by atoms with Gasteiger partial charge in [0, 0.05) is 36.0 Å². The first kappa shape index (κ1) is 23.5. The Morgan fingerprint density at radius 1 is 1.06 bits per heavy atom. The van der Waals surface area contributed by atoms with E-state index < -0.39 is 6.04 Å². The van der Waals surface area contributed by atoms with Crippen LogP contribution in [-0.4, -0.2) is 55.2 Å². The van der Waals surface area contributed by atoms with Gasteiger partial charge in [0.25, 0.3) is 0 Å². The zero-order valence-electron chi connectivity index (χ0n) is 18.9. The number of halogens is 1. The number of urea groups is 1. The molecule has 1 saturated heterocycles. The lowest BCUT2D eigenvalue weighted by atomic mass is 10.0. The molecule has 0 aliphatic carbocycles. The number of nitrogens with one attached hydrogen (secondary N) is 3. The molecule has 2 atom stereocenters. The van der Waals surface area contributed by atoms with Gasteiger partial charge in [0.05, 0.1) is 6.10 Å². The van der Waals surface area contributed by atoms with Gasteiger partial charge in [0.1, 0.15) is 6.04 Å². The molecule has 7 nitrogen and oxygen atoms in total. The summed E-state index contributed by atoms with van der Waals surface area (Å²) in [4.78, 5) is 27.9. The zero-order valence-corrected chi connectivity index (χ0v) is 19.7. The minimum absolute atomic E-state index is 0.171. The SMILES string of the molecule is CCCOC1CC(C(=O)Nc2ccc3c(c2)CCNCC3)N(C(=O)Nc2ccc(Cl)cc2)C1. The molecule has 2 aromatic rings. The van der Waals surface area contributed by atoms with Crippen molar-refractivity contribution in [2.75, 3.05) is 36.9 Å². The van der Waals surface area contributed by atoms with Gasteiger partial charge in [-0.1, -0.05) is 24.6 Å². The number of rotatable bonds is 6. The van der Waals surface area contributed by atoms with Crippen molar-refractivity contribution in [2.24, 2.45) is 0 Å². The predicted molar refractivity (Wildman–Crippen MR) is 131 cm³/mol. The molecule has 0 radical (unpaired) electrons. The fraction of sp³-hybridized carbons (Fsp3) is 0.440. The molecule has 3 N–H and O–H groups in total. The van der Waals surface area contributed by atoms with Crippen molar-refractivity contribution in [3.63, 3.8) is 0 Å². The molecule has 0 aromatic heterocycles. The van der Waals surface area contributed by atoms with Crippen LogP contribution in [0.5, 0.6) is 0 Å². The van der Waals surface area contributed by atoms with Crippen LogP contribution in [0.1, 0.15) is 30.9 Å². The van der Waals surface area contributed by atoms with E-state index in [1.165, 1.54) is 11.1 Å². The summed E-state index contributed by atoms with van der Waals surface area (Å²) in [5.41, 5.74) is 3.96. The molecule has 4 rings (SSSR count). The van der Waals surface area contributed by atoms with Gasteiger partial charge in [-0.15, -0.1) is 0 Å². The van der Waals surface area contributed by atoms with Crippen molar-refractivity contribution in [2.45, 2.75) is 44.8 Å². The second-order valence-corrected chi connectivity index (χ2v) is 8.99. The highest BCUT2D eigenvalue weighted by atomic mass is 35.5. The number of anilines is 2. The van der Waals surface area contributed by atoms with E-state index in [1.807, 2.05) is 13.0 Å². The third-order valence-corrected chi connectivity index (χ3v) is 6.35. The summed E-state index contributed by atoms with van der Waals surface area (Å²) in [6, 6.07) is 12.1. The second-order valence-electron chi connectivity index (χ2n) is 8.56. The number of likely N-dealkylation sites (tertiary alicyclic amines) is 1. The minimum atomic E-state index is -0.611. The predicted octanol–water partition coefficient (Wildman–Crippen LogP) is 4.07. The first-order chi connectivity index (χ1) is 16.0. The van der Waals surface area contributed by atoms with E-state index in [2.05, 4.69) is 28.1 Å². The average molecular weight is 471 g/mol. The molecule has 2 heterocycles. The number of benzene rings is 2. The summed E-state index contributed by atoms with van der Waals surface area (Å²) >= 11 is 5.94. The second kappa shape index (κ2) is 11.0. The molecule has 1 fully saturated rings. The number of hydrogen-bond acceptors (Lipinski definition) is 4. The van der Waals surface area contributed by atoms with E-state index in [1.54, 1.807) is 29.2 Å². The van der Waals surface area contributed by atoms with E-state index in [-0.39, 0.29) is 18.0 Å². The van der Waals surface area contributed by atoms with Gasteiger partial charge in [0.2, 0.25) is 5.91 Å². The van der Waals surface area contributed by atoms with Crippen LogP contribution >= 0.6 is 11.6 Å². The molecular weight excluding hydrogens is 440 g/mol. The highest BCUT2D eigenvalue weighted by Crippen LogP contribution is 2.25. The Morgan fingerprint density at radius 3 is 2.55 bits per heavy atom. The van der Waals surface area contributed by atoms with Crippen LogP contribution in [0.2, 0.25) is 5.02 Å². The summed E-state index contributed by atoms with van der Waals surface area (Å²) in [7, 11) is 0. The van der Waals surface area contributed by atoms with Gasteiger partial charge in [-0.25, -0.2) is 4.79 Å². The average Bonchev–Trinajstić information content (AvgIpc) is 3.11. The van der Waals surface area contributed by atoms with Gasteiger partial charge < -0.3 is 25.6 Å². The van der Waals surface area contributed by atoms with E-state index >= 15 is 0 Å². The Hall–Kier alpha value is -2.61. The molecule has 2 aliphatic rings. The highest BCUT2D eigenvalue weighted by molar-refractivity contribution is 6.30. The van der Waals surface area contributed by atoms with E-state index in [4.69, 9.17) is 16.3 Å². The molecular formula is C25H31ClN4O3. The molecule has 176 valence electrons. The lowest BCUT2D eigenvalue weighted by Gasteiger charge is -2.24. The summed E-state index contributed by atoms with van der Waals surface area (Å²) in [6.45, 7) is 4.91. The Morgan fingerprint density at radius 2 is 1.79 bits per heavy atom. The standard InChI is InChI=1S/C25H31ClN4O3/c1-2-13-33-22-15-23(30(16-22)25(32)29-20-7-4-19(26)5-8-20)24(31)28-21-6-3-17-9-11-27-12-10-18(17)14-21/h3-8,14,22-23,27H,2,9-13,15-16H2,1H3,(H,28,31)(H,29,32). The van der Waals surface area contributed by atoms with Crippen molar-refractivity contribution in [3.05, 3.63) is 58.6 Å². The van der Waals surface area contributed by atoms with Crippen LogP contribution in [0.25, 0.3) is 0 Å². The largest absolute Gasteiger partial charge is 0.376 e. The van der Waals surface area contributed by atoms with Crippen molar-refractivity contribution < 1.29 is 14.3 Å². The minimum Gasteiger partial charge on any atom is -0.376 e. The molecule has 8 heteroatoms. The van der Waals surface area contributed by atoms with E-state index in [0.29, 0.717) is 30.3 Å². The molecule has 2 aliphatic heterocycles. The zero-order chi connectivity index (χ0) is 23.2. The van der Waals surface area contributed by atoms with Gasteiger partial charge in [-0.2, -0.15) is 0 Å². The Kier molecular flexibility index (Phi) is 7.85. The molecule has 2 unspecified atom stereocenters. The molecule has 0 spiro atoms. The number of amides is 3. The molecule has 0 bridgehead atoms. The lowest BCUT2D eigenvalue weighted by molar-refractivity contribution is -0.119. The highest BCUT2D eigenvalue weighted by Gasteiger charge is 2.40. The summed E-state index contributed by atoms with van der Waals surface area (Å²) in [5.74, 6) is -0.199. The van der Waals surface area contributed by atoms with Crippen molar-refractivity contribution in [1.29, 1.82) is 0 Å². The van der Waals surface area contributed by atoms with E-state index in [0.717, 1.165) is 38.0 Å². The maximum Gasteiger partial charge on any atom is 0.322 e. The maximum absolute atomic E-state index is 13.3. The molecule has 0 saturated carbocycles. The first-order valence-electron chi connectivity index (χ1n) is 11.6. The molecule has 3 amide bonds. The quantitative estimate of drug-likeness (QED) is 0.594. The van der Waals surface area contributed by atoms with Crippen molar-refractivity contribution in [1.82, 2.24) is 10.2 Å². The molecule has 2 aromatic carbocycles. The van der Waals surface area contributed by atoms with Crippen molar-refractivity contribution >= 4 is 34.9 Å². The van der Waals surface area contributed by atoms with Gasteiger partial charge >= 0.3 is 6.03 Å². The number of carbonyl (C=O) groups excluding carboxylic acids is 2. The maximum atomic E-state index is 13.3. The third kappa shape index (κ3) is 6.05. The number of carbonyl (C=O) groups is 2. The Labute approximate surface area is 199 Å². The summed E-state index contributed by atoms with van der Waals surface area (Å²) in [5, 5.41) is 9.90. The number of hydrogen-bond donors (Lipinski definition) is 3. The monoisotopic (exact) mass is 470 g/mol. The fourth-order valence-electron chi connectivity index (χ4n) is 4.38. The Balaban J connectivity index is 1.47. The number of nitrogens with zero attached hydrogens (tertiary/aromatic N) is 1. The van der Waals surface area contributed by atoms with Crippen molar-refractivity contribution in [3.8, 4) is 0 Å². The lowest BCUT2D eigenvalue weighted by Crippen LogP contribution is -2.45. The van der Waals surface area contributed by atoms with Crippen LogP contribution in [0.15, 0.2) is 42.5 Å².